The van der Waals surface area contributed by atoms with Crippen molar-refractivity contribution in [1.82, 2.24) is 10.6 Å². The Hall–Kier alpha value is -0.530. The molecule has 0 aliphatic heterocycles. The van der Waals surface area contributed by atoms with Crippen molar-refractivity contribution in [3.05, 3.63) is 20.8 Å². The Kier molecular flexibility index (Phi) is 8.47. The third kappa shape index (κ3) is 7.27. The molecule has 1 heterocycles. The van der Waals surface area contributed by atoms with Gasteiger partial charge in [0.15, 0.2) is 0 Å². The second-order valence-corrected chi connectivity index (χ2v) is 9.31. The number of hydrogen-bond donors (Lipinski definition) is 2. The molecule has 0 atom stereocenters. The first-order chi connectivity index (χ1) is 11.1. The van der Waals surface area contributed by atoms with Gasteiger partial charge in [-0.05, 0) is 40.9 Å². The van der Waals surface area contributed by atoms with E-state index in [1.807, 2.05) is 0 Å². The van der Waals surface area contributed by atoms with Gasteiger partial charge in [0.1, 0.15) is 0 Å². The molecule has 2 rings (SSSR count). The van der Waals surface area contributed by atoms with Gasteiger partial charge in [0.05, 0.1) is 10.3 Å². The van der Waals surface area contributed by atoms with Crippen LogP contribution in [0.25, 0.3) is 0 Å². The maximum absolute atomic E-state index is 11.9. The van der Waals surface area contributed by atoms with Crippen molar-refractivity contribution in [2.24, 2.45) is 5.92 Å². The zero-order valence-corrected chi connectivity index (χ0v) is 16.3. The standard InChI is InChI=1S/C16H23BrN2O2S2/c17-14-7-6-13(23-14)11-22-9-8-18-15(20)10-19-16(21)12-4-2-1-3-5-12/h6-7,12H,1-5,8-11H2,(H,18,20)(H,19,21). The van der Waals surface area contributed by atoms with E-state index >= 15 is 0 Å². The zero-order valence-electron chi connectivity index (χ0n) is 13.1. The Morgan fingerprint density at radius 3 is 2.70 bits per heavy atom. The predicted molar refractivity (Wildman–Crippen MR) is 101 cm³/mol. The fourth-order valence-electron chi connectivity index (χ4n) is 2.60. The summed E-state index contributed by atoms with van der Waals surface area (Å²) in [6, 6.07) is 4.17. The molecule has 1 aliphatic rings. The van der Waals surface area contributed by atoms with E-state index in [0.717, 1.165) is 41.0 Å². The largest absolute Gasteiger partial charge is 0.354 e. The van der Waals surface area contributed by atoms with Crippen LogP contribution in [-0.4, -0.2) is 30.7 Å². The normalized spacial score (nSPS) is 15.3. The number of rotatable bonds is 8. The van der Waals surface area contributed by atoms with Gasteiger partial charge in [0.2, 0.25) is 11.8 Å². The SMILES string of the molecule is O=C(CNC(=O)C1CCCCC1)NCCSCc1ccc(Br)s1. The molecule has 1 aromatic heterocycles. The van der Waals surface area contributed by atoms with Crippen molar-refractivity contribution in [3.8, 4) is 0 Å². The number of carbonyl (C=O) groups excluding carboxylic acids is 2. The molecule has 7 heteroatoms. The quantitative estimate of drug-likeness (QED) is 0.634. The van der Waals surface area contributed by atoms with Crippen molar-refractivity contribution < 1.29 is 9.59 Å². The van der Waals surface area contributed by atoms with Crippen LogP contribution in [-0.2, 0) is 15.3 Å². The van der Waals surface area contributed by atoms with E-state index in [1.165, 1.54) is 11.3 Å². The third-order valence-corrected chi connectivity index (χ3v) is 6.66. The summed E-state index contributed by atoms with van der Waals surface area (Å²) in [5.74, 6) is 1.88. The molecule has 23 heavy (non-hydrogen) atoms. The van der Waals surface area contributed by atoms with Crippen molar-refractivity contribution >= 4 is 50.8 Å². The summed E-state index contributed by atoms with van der Waals surface area (Å²) < 4.78 is 1.15. The molecule has 0 saturated heterocycles. The molecule has 2 amide bonds. The Morgan fingerprint density at radius 2 is 2.00 bits per heavy atom. The zero-order chi connectivity index (χ0) is 16.5. The Bertz CT molecular complexity index is 516. The van der Waals surface area contributed by atoms with Crippen LogP contribution in [0.2, 0.25) is 0 Å². The summed E-state index contributed by atoms with van der Waals surface area (Å²) in [5.41, 5.74) is 0. The van der Waals surface area contributed by atoms with Crippen LogP contribution in [0.4, 0.5) is 0 Å². The minimum absolute atomic E-state index is 0.0393. The maximum Gasteiger partial charge on any atom is 0.239 e. The molecule has 0 spiro atoms. The van der Waals surface area contributed by atoms with Crippen LogP contribution in [0.15, 0.2) is 15.9 Å². The highest BCUT2D eigenvalue weighted by Gasteiger charge is 2.21. The number of nitrogens with one attached hydrogen (secondary N) is 2. The number of thiophene rings is 1. The Morgan fingerprint density at radius 1 is 1.22 bits per heavy atom. The summed E-state index contributed by atoms with van der Waals surface area (Å²) in [4.78, 5) is 25.0. The van der Waals surface area contributed by atoms with E-state index < -0.39 is 0 Å². The highest BCUT2D eigenvalue weighted by atomic mass is 79.9. The molecule has 0 aromatic carbocycles. The van der Waals surface area contributed by atoms with Crippen LogP contribution in [0.1, 0.15) is 37.0 Å². The molecule has 1 saturated carbocycles. The van der Waals surface area contributed by atoms with Gasteiger partial charge in [-0.1, -0.05) is 19.3 Å². The maximum atomic E-state index is 11.9. The van der Waals surface area contributed by atoms with Gasteiger partial charge >= 0.3 is 0 Å². The van der Waals surface area contributed by atoms with Crippen LogP contribution in [0.3, 0.4) is 0 Å². The molecule has 0 unspecified atom stereocenters. The highest BCUT2D eigenvalue weighted by molar-refractivity contribution is 9.11. The van der Waals surface area contributed by atoms with E-state index in [-0.39, 0.29) is 24.3 Å². The summed E-state index contributed by atoms with van der Waals surface area (Å²) >= 11 is 6.98. The second-order valence-electron chi connectivity index (χ2n) is 5.66. The van der Waals surface area contributed by atoms with Gasteiger partial charge in [-0.2, -0.15) is 11.8 Å². The molecular formula is C16H23BrN2O2S2. The van der Waals surface area contributed by atoms with Crippen LogP contribution in [0, 0.1) is 5.92 Å². The highest BCUT2D eigenvalue weighted by Crippen LogP contribution is 2.25. The molecule has 128 valence electrons. The number of thioether (sulfide) groups is 1. The Balaban J connectivity index is 1.50. The minimum atomic E-state index is -0.103. The van der Waals surface area contributed by atoms with Gasteiger partial charge in [-0.15, -0.1) is 11.3 Å². The van der Waals surface area contributed by atoms with Crippen LogP contribution >= 0.6 is 39.0 Å². The smallest absolute Gasteiger partial charge is 0.239 e. The summed E-state index contributed by atoms with van der Waals surface area (Å²) in [6.45, 7) is 0.729. The second kappa shape index (κ2) is 10.4. The molecule has 2 N–H and O–H groups in total. The lowest BCUT2D eigenvalue weighted by Gasteiger charge is -2.20. The molecule has 1 aromatic rings. The fraction of sp³-hybridized carbons (Fsp3) is 0.625. The van der Waals surface area contributed by atoms with Crippen molar-refractivity contribution in [3.63, 3.8) is 0 Å². The minimum Gasteiger partial charge on any atom is -0.354 e. The lowest BCUT2D eigenvalue weighted by molar-refractivity contribution is -0.129. The number of halogens is 1. The summed E-state index contributed by atoms with van der Waals surface area (Å²) in [7, 11) is 0. The van der Waals surface area contributed by atoms with Crippen molar-refractivity contribution in [1.29, 1.82) is 0 Å². The first-order valence-corrected chi connectivity index (χ1v) is 10.8. The van der Waals surface area contributed by atoms with Crippen molar-refractivity contribution in [2.75, 3.05) is 18.8 Å². The van der Waals surface area contributed by atoms with Crippen molar-refractivity contribution in [2.45, 2.75) is 37.9 Å². The monoisotopic (exact) mass is 418 g/mol. The van der Waals surface area contributed by atoms with E-state index in [2.05, 4.69) is 38.7 Å². The number of amides is 2. The molecular weight excluding hydrogens is 396 g/mol. The molecule has 0 radical (unpaired) electrons. The first kappa shape index (κ1) is 18.8. The molecule has 0 bridgehead atoms. The van der Waals surface area contributed by atoms with Gasteiger partial charge in [0.25, 0.3) is 0 Å². The van der Waals surface area contributed by atoms with Crippen LogP contribution in [0.5, 0.6) is 0 Å². The molecule has 4 nitrogen and oxygen atoms in total. The Labute approximate surface area is 154 Å². The van der Waals surface area contributed by atoms with E-state index in [4.69, 9.17) is 0 Å². The van der Waals surface area contributed by atoms with Crippen LogP contribution < -0.4 is 10.6 Å². The number of hydrogen-bond acceptors (Lipinski definition) is 4. The summed E-state index contributed by atoms with van der Waals surface area (Å²) in [6.07, 6.45) is 5.40. The van der Waals surface area contributed by atoms with Gasteiger partial charge in [-0.25, -0.2) is 0 Å². The predicted octanol–water partition coefficient (Wildman–Crippen LogP) is 3.56. The van der Waals surface area contributed by atoms with E-state index in [9.17, 15) is 9.59 Å². The topological polar surface area (TPSA) is 58.2 Å². The summed E-state index contributed by atoms with van der Waals surface area (Å²) in [5, 5.41) is 5.61. The molecule has 1 fully saturated rings. The third-order valence-electron chi connectivity index (χ3n) is 3.84. The molecule has 1 aliphatic carbocycles. The van der Waals surface area contributed by atoms with Gasteiger partial charge < -0.3 is 10.6 Å². The average Bonchev–Trinajstić information content (AvgIpc) is 2.98. The lowest BCUT2D eigenvalue weighted by atomic mass is 9.89. The van der Waals surface area contributed by atoms with E-state index in [1.54, 1.807) is 23.1 Å². The van der Waals surface area contributed by atoms with Gasteiger partial charge in [0, 0.05) is 28.8 Å². The van der Waals surface area contributed by atoms with Gasteiger partial charge in [-0.3, -0.25) is 9.59 Å². The lowest BCUT2D eigenvalue weighted by Crippen LogP contribution is -2.40. The fourth-order valence-corrected chi connectivity index (χ4v) is 5.06. The first-order valence-electron chi connectivity index (χ1n) is 8.01. The number of carbonyl (C=O) groups is 2. The average molecular weight is 419 g/mol. The van der Waals surface area contributed by atoms with E-state index in [0.29, 0.717) is 6.54 Å².